The highest BCUT2D eigenvalue weighted by Crippen LogP contribution is 2.17. The summed E-state index contributed by atoms with van der Waals surface area (Å²) in [5.74, 6) is -1.04. The number of rotatable bonds is 3. The van der Waals surface area contributed by atoms with E-state index in [0.717, 1.165) is 4.57 Å². The summed E-state index contributed by atoms with van der Waals surface area (Å²) >= 11 is 0. The molecule has 100 valence electrons. The molecule has 0 aliphatic heterocycles. The van der Waals surface area contributed by atoms with Gasteiger partial charge in [0, 0.05) is 0 Å². The molecule has 8 heteroatoms. The molecule has 0 saturated carbocycles. The van der Waals surface area contributed by atoms with Crippen LogP contribution in [-0.2, 0) is 0 Å². The smallest absolute Gasteiger partial charge is 0.348 e. The third-order valence-corrected chi connectivity index (χ3v) is 2.76. The third-order valence-electron chi connectivity index (χ3n) is 2.76. The van der Waals surface area contributed by atoms with E-state index in [2.05, 4.69) is 15.3 Å². The zero-order valence-corrected chi connectivity index (χ0v) is 10.1. The summed E-state index contributed by atoms with van der Waals surface area (Å²) < 4.78 is 2.48. The van der Waals surface area contributed by atoms with Gasteiger partial charge in [-0.2, -0.15) is 10.2 Å². The van der Waals surface area contributed by atoms with Crippen LogP contribution in [0, 0.1) is 0 Å². The van der Waals surface area contributed by atoms with E-state index in [4.69, 9.17) is 0 Å². The van der Waals surface area contributed by atoms with E-state index in [0.29, 0.717) is 5.69 Å². The number of carbonyl (C=O) groups is 1. The average Bonchev–Trinajstić information content (AvgIpc) is 3.05. The first kappa shape index (κ1) is 11.9. The largest absolute Gasteiger partial charge is 0.477 e. The molecular formula is C12H9N5O3. The van der Waals surface area contributed by atoms with Crippen molar-refractivity contribution in [2.75, 3.05) is 0 Å². The van der Waals surface area contributed by atoms with Crippen molar-refractivity contribution in [3.8, 4) is 11.5 Å². The molecule has 0 amide bonds. The van der Waals surface area contributed by atoms with Gasteiger partial charge in [0.25, 0.3) is 0 Å². The Morgan fingerprint density at radius 1 is 1.25 bits per heavy atom. The second-order valence-electron chi connectivity index (χ2n) is 3.97. The molecule has 0 radical (unpaired) electrons. The molecule has 0 bridgehead atoms. The zero-order chi connectivity index (χ0) is 14.1. The number of nitrogens with zero attached hydrogens (tertiary/aromatic N) is 4. The molecule has 20 heavy (non-hydrogen) atoms. The van der Waals surface area contributed by atoms with Crippen LogP contribution < -0.4 is 5.69 Å². The van der Waals surface area contributed by atoms with Gasteiger partial charge in [-0.15, -0.1) is 0 Å². The number of aromatic amines is 1. The summed E-state index contributed by atoms with van der Waals surface area (Å²) in [5, 5.41) is 19.1. The first-order valence-electron chi connectivity index (χ1n) is 5.67. The average molecular weight is 271 g/mol. The van der Waals surface area contributed by atoms with E-state index >= 15 is 0 Å². The number of para-hydroxylation sites is 1. The number of hydrogen-bond donors (Lipinski definition) is 2. The quantitative estimate of drug-likeness (QED) is 0.719. The molecule has 2 aromatic heterocycles. The summed E-state index contributed by atoms with van der Waals surface area (Å²) in [5.41, 5.74) is 0.0191. The van der Waals surface area contributed by atoms with Crippen LogP contribution in [0.2, 0.25) is 0 Å². The van der Waals surface area contributed by atoms with Gasteiger partial charge in [-0.1, -0.05) is 18.2 Å². The lowest BCUT2D eigenvalue weighted by molar-refractivity contribution is 0.0697. The van der Waals surface area contributed by atoms with Crippen LogP contribution in [0.25, 0.3) is 11.5 Å². The van der Waals surface area contributed by atoms with Crippen molar-refractivity contribution in [3.63, 3.8) is 0 Å². The lowest BCUT2D eigenvalue weighted by atomic mass is 10.3. The van der Waals surface area contributed by atoms with Crippen LogP contribution in [0.3, 0.4) is 0 Å². The number of benzene rings is 1. The predicted octanol–water partition coefficient (Wildman–Crippen LogP) is 0.444. The number of aromatic carboxylic acids is 1. The molecule has 0 aliphatic carbocycles. The van der Waals surface area contributed by atoms with Crippen LogP contribution in [-0.4, -0.2) is 35.6 Å². The van der Waals surface area contributed by atoms with Gasteiger partial charge in [-0.05, 0) is 12.1 Å². The van der Waals surface area contributed by atoms with E-state index in [9.17, 15) is 14.7 Å². The van der Waals surface area contributed by atoms with Gasteiger partial charge >= 0.3 is 11.7 Å². The lowest BCUT2D eigenvalue weighted by Crippen LogP contribution is -2.20. The number of carboxylic acid groups (broad SMARTS) is 1. The van der Waals surface area contributed by atoms with Crippen LogP contribution in [0.15, 0.2) is 47.7 Å². The molecule has 2 heterocycles. The second-order valence-corrected chi connectivity index (χ2v) is 3.97. The summed E-state index contributed by atoms with van der Waals surface area (Å²) in [4.78, 5) is 23.0. The van der Waals surface area contributed by atoms with Gasteiger partial charge in [0.15, 0.2) is 5.82 Å². The number of hydrogen-bond acceptors (Lipinski definition) is 4. The Bertz CT molecular complexity index is 815. The Balaban J connectivity index is 2.30. The molecular weight excluding hydrogens is 262 g/mol. The Labute approximate surface area is 111 Å². The van der Waals surface area contributed by atoms with Gasteiger partial charge in [-0.3, -0.25) is 0 Å². The Morgan fingerprint density at radius 2 is 2.00 bits per heavy atom. The summed E-state index contributed by atoms with van der Waals surface area (Å²) in [7, 11) is 0. The van der Waals surface area contributed by atoms with Crippen LogP contribution in [0.4, 0.5) is 0 Å². The molecule has 1 aromatic carbocycles. The minimum Gasteiger partial charge on any atom is -0.477 e. The predicted molar refractivity (Wildman–Crippen MR) is 68.3 cm³/mol. The molecule has 8 nitrogen and oxygen atoms in total. The van der Waals surface area contributed by atoms with E-state index < -0.39 is 11.7 Å². The fourth-order valence-corrected chi connectivity index (χ4v) is 1.88. The lowest BCUT2D eigenvalue weighted by Gasteiger charge is -2.07. The van der Waals surface area contributed by atoms with Crippen molar-refractivity contribution in [3.05, 3.63) is 58.9 Å². The van der Waals surface area contributed by atoms with Crippen LogP contribution >= 0.6 is 0 Å². The molecule has 0 fully saturated rings. The number of carboxylic acids is 1. The molecule has 2 N–H and O–H groups in total. The summed E-state index contributed by atoms with van der Waals surface area (Å²) in [6, 6.07) is 8.92. The third kappa shape index (κ3) is 1.79. The summed E-state index contributed by atoms with van der Waals surface area (Å²) in [6.45, 7) is 0. The molecule has 0 aliphatic rings. The Morgan fingerprint density at radius 3 is 2.60 bits per heavy atom. The van der Waals surface area contributed by atoms with Crippen LogP contribution in [0.1, 0.15) is 10.4 Å². The van der Waals surface area contributed by atoms with Crippen molar-refractivity contribution < 1.29 is 9.90 Å². The maximum absolute atomic E-state index is 11.7. The standard InChI is InChI=1S/C12H9N5O3/c18-11(19)9-6-14-17(8-4-2-1-3-5-8)10(9)16-7-13-15-12(16)20/h1-7H,(H,15,20)(H,18,19). The zero-order valence-electron chi connectivity index (χ0n) is 10.1. The van der Waals surface area contributed by atoms with Gasteiger partial charge in [0.2, 0.25) is 0 Å². The van der Waals surface area contributed by atoms with Crippen molar-refractivity contribution >= 4 is 5.97 Å². The fourth-order valence-electron chi connectivity index (χ4n) is 1.88. The van der Waals surface area contributed by atoms with E-state index in [1.54, 1.807) is 24.3 Å². The molecule has 0 saturated heterocycles. The van der Waals surface area contributed by atoms with Gasteiger partial charge < -0.3 is 5.11 Å². The molecule has 3 rings (SSSR count). The van der Waals surface area contributed by atoms with Crippen molar-refractivity contribution in [2.24, 2.45) is 0 Å². The Kier molecular flexibility index (Phi) is 2.68. The normalized spacial score (nSPS) is 10.6. The van der Waals surface area contributed by atoms with Crippen LogP contribution in [0.5, 0.6) is 0 Å². The molecule has 0 atom stereocenters. The summed E-state index contributed by atoms with van der Waals surface area (Å²) in [6.07, 6.45) is 2.41. The SMILES string of the molecule is O=C(O)c1cnn(-c2ccccc2)c1-n1cn[nH]c1=O. The van der Waals surface area contributed by atoms with Crippen molar-refractivity contribution in [2.45, 2.75) is 0 Å². The Hall–Kier alpha value is -3.16. The second kappa shape index (κ2) is 4.50. The van der Waals surface area contributed by atoms with Gasteiger partial charge in [-0.25, -0.2) is 23.9 Å². The van der Waals surface area contributed by atoms with E-state index in [1.807, 2.05) is 6.07 Å². The molecule has 0 spiro atoms. The monoisotopic (exact) mass is 271 g/mol. The topological polar surface area (TPSA) is 106 Å². The fraction of sp³-hybridized carbons (Fsp3) is 0. The maximum atomic E-state index is 11.7. The maximum Gasteiger partial charge on any atom is 0.348 e. The number of H-pyrrole nitrogens is 1. The first-order chi connectivity index (χ1) is 9.68. The van der Waals surface area contributed by atoms with Gasteiger partial charge in [0.05, 0.1) is 11.9 Å². The highest BCUT2D eigenvalue weighted by atomic mass is 16.4. The van der Waals surface area contributed by atoms with Crippen molar-refractivity contribution in [1.29, 1.82) is 0 Å². The van der Waals surface area contributed by atoms with Crippen molar-refractivity contribution in [1.82, 2.24) is 24.5 Å². The van der Waals surface area contributed by atoms with E-state index in [1.165, 1.54) is 17.2 Å². The molecule has 0 unspecified atom stereocenters. The van der Waals surface area contributed by atoms with Gasteiger partial charge in [0.1, 0.15) is 11.9 Å². The highest BCUT2D eigenvalue weighted by Gasteiger charge is 2.20. The first-order valence-corrected chi connectivity index (χ1v) is 5.67. The number of aromatic nitrogens is 5. The minimum atomic E-state index is -1.17. The molecule has 3 aromatic rings. The highest BCUT2D eigenvalue weighted by molar-refractivity contribution is 5.91. The number of nitrogens with one attached hydrogen (secondary N) is 1. The van der Waals surface area contributed by atoms with E-state index in [-0.39, 0.29) is 11.4 Å². The minimum absolute atomic E-state index is 0.0858.